The van der Waals surface area contributed by atoms with Gasteiger partial charge in [0.05, 0.1) is 10.5 Å². The van der Waals surface area contributed by atoms with Gasteiger partial charge in [0.2, 0.25) is 15.9 Å². The number of carboxylic acid groups (broad SMARTS) is 1. The van der Waals surface area contributed by atoms with E-state index in [1.807, 2.05) is 0 Å². The van der Waals surface area contributed by atoms with Crippen LogP contribution in [0.5, 0.6) is 0 Å². The number of carboxylic acids is 1. The highest BCUT2D eigenvalue weighted by Gasteiger charge is 2.19. The SMILES string of the molecule is CN(C)C(=O)CCNS(=O)(=O)c1ccc(F)c(C(=O)O)c1. The lowest BCUT2D eigenvalue weighted by molar-refractivity contribution is -0.128. The fraction of sp³-hybridized carbons (Fsp3) is 0.333. The first-order valence-electron chi connectivity index (χ1n) is 5.88. The predicted molar refractivity (Wildman–Crippen MR) is 71.9 cm³/mol. The highest BCUT2D eigenvalue weighted by atomic mass is 32.2. The van der Waals surface area contributed by atoms with Crippen molar-refractivity contribution in [3.8, 4) is 0 Å². The van der Waals surface area contributed by atoms with Crippen LogP contribution in [-0.4, -0.2) is 50.9 Å². The van der Waals surface area contributed by atoms with Gasteiger partial charge in [0.1, 0.15) is 5.82 Å². The average molecular weight is 318 g/mol. The van der Waals surface area contributed by atoms with E-state index in [1.54, 1.807) is 0 Å². The summed E-state index contributed by atoms with van der Waals surface area (Å²) < 4.78 is 39.2. The maximum absolute atomic E-state index is 13.2. The van der Waals surface area contributed by atoms with Crippen LogP contribution in [0.1, 0.15) is 16.8 Å². The van der Waals surface area contributed by atoms with Gasteiger partial charge in [-0.05, 0) is 18.2 Å². The monoisotopic (exact) mass is 318 g/mol. The summed E-state index contributed by atoms with van der Waals surface area (Å²) in [5.74, 6) is -2.85. The summed E-state index contributed by atoms with van der Waals surface area (Å²) in [5, 5.41) is 8.76. The maximum atomic E-state index is 13.2. The van der Waals surface area contributed by atoms with Crippen LogP contribution >= 0.6 is 0 Å². The van der Waals surface area contributed by atoms with E-state index in [-0.39, 0.29) is 23.8 Å². The van der Waals surface area contributed by atoms with Crippen LogP contribution in [0.3, 0.4) is 0 Å². The molecule has 116 valence electrons. The molecule has 0 heterocycles. The van der Waals surface area contributed by atoms with E-state index in [9.17, 15) is 22.4 Å². The Morgan fingerprint density at radius 2 is 1.95 bits per heavy atom. The topological polar surface area (TPSA) is 104 Å². The van der Waals surface area contributed by atoms with E-state index in [0.29, 0.717) is 0 Å². The van der Waals surface area contributed by atoms with Crippen molar-refractivity contribution in [1.29, 1.82) is 0 Å². The molecule has 1 amide bonds. The van der Waals surface area contributed by atoms with E-state index in [4.69, 9.17) is 5.11 Å². The van der Waals surface area contributed by atoms with Crippen molar-refractivity contribution in [3.63, 3.8) is 0 Å². The van der Waals surface area contributed by atoms with Crippen LogP contribution in [0, 0.1) is 5.82 Å². The van der Waals surface area contributed by atoms with Gasteiger partial charge in [-0.2, -0.15) is 0 Å². The molecule has 0 radical (unpaired) electrons. The second-order valence-electron chi connectivity index (χ2n) is 4.38. The van der Waals surface area contributed by atoms with Crippen LogP contribution in [0.25, 0.3) is 0 Å². The Balaban J connectivity index is 2.86. The minimum atomic E-state index is -4.01. The molecule has 2 N–H and O–H groups in total. The molecule has 0 unspecified atom stereocenters. The first-order chi connectivity index (χ1) is 9.65. The zero-order valence-corrected chi connectivity index (χ0v) is 12.3. The van der Waals surface area contributed by atoms with Gasteiger partial charge in [-0.25, -0.2) is 22.3 Å². The second-order valence-corrected chi connectivity index (χ2v) is 6.15. The van der Waals surface area contributed by atoms with Crippen molar-refractivity contribution in [3.05, 3.63) is 29.6 Å². The zero-order chi connectivity index (χ0) is 16.2. The normalized spacial score (nSPS) is 11.2. The Morgan fingerprint density at radius 1 is 1.33 bits per heavy atom. The van der Waals surface area contributed by atoms with Crippen molar-refractivity contribution >= 4 is 21.9 Å². The van der Waals surface area contributed by atoms with Crippen molar-refractivity contribution in [2.75, 3.05) is 20.6 Å². The van der Waals surface area contributed by atoms with Crippen LogP contribution in [-0.2, 0) is 14.8 Å². The molecule has 0 aromatic heterocycles. The largest absolute Gasteiger partial charge is 0.478 e. The lowest BCUT2D eigenvalue weighted by atomic mass is 10.2. The number of carbonyl (C=O) groups is 2. The van der Waals surface area contributed by atoms with Gasteiger partial charge >= 0.3 is 5.97 Å². The number of amides is 1. The molecule has 21 heavy (non-hydrogen) atoms. The summed E-state index contributed by atoms with van der Waals surface area (Å²) in [6.07, 6.45) is -0.0424. The quantitative estimate of drug-likeness (QED) is 0.784. The molecule has 0 atom stereocenters. The molecule has 0 aliphatic rings. The van der Waals surface area contributed by atoms with Crippen molar-refractivity contribution in [2.24, 2.45) is 0 Å². The number of carbonyl (C=O) groups excluding carboxylic acids is 1. The van der Waals surface area contributed by atoms with E-state index in [0.717, 1.165) is 18.2 Å². The summed E-state index contributed by atoms with van der Waals surface area (Å²) in [5.41, 5.74) is -0.734. The molecule has 1 rings (SSSR count). The smallest absolute Gasteiger partial charge is 0.338 e. The van der Waals surface area contributed by atoms with Gasteiger partial charge in [0, 0.05) is 27.1 Å². The number of sulfonamides is 1. The number of halogens is 1. The number of nitrogens with one attached hydrogen (secondary N) is 1. The molecule has 1 aromatic rings. The predicted octanol–water partition coefficient (Wildman–Crippen LogP) is 0.280. The molecular formula is C12H15FN2O5S. The number of benzene rings is 1. The van der Waals surface area contributed by atoms with E-state index in [2.05, 4.69) is 4.72 Å². The Morgan fingerprint density at radius 3 is 2.48 bits per heavy atom. The second kappa shape index (κ2) is 6.64. The standard InChI is InChI=1S/C12H15FN2O5S/c1-15(2)11(16)5-6-14-21(19,20)8-3-4-10(13)9(7-8)12(17)18/h3-4,7,14H,5-6H2,1-2H3,(H,17,18). The van der Waals surface area contributed by atoms with Crippen LogP contribution in [0.4, 0.5) is 4.39 Å². The molecule has 0 bridgehead atoms. The molecule has 0 saturated heterocycles. The maximum Gasteiger partial charge on any atom is 0.338 e. The molecule has 9 heteroatoms. The molecule has 0 saturated carbocycles. The summed E-state index contributed by atoms with van der Waals surface area (Å²) >= 11 is 0. The average Bonchev–Trinajstić information content (AvgIpc) is 2.38. The minimum absolute atomic E-state index is 0.0424. The minimum Gasteiger partial charge on any atom is -0.478 e. The number of hydrogen-bond donors (Lipinski definition) is 2. The Bertz CT molecular complexity index is 658. The van der Waals surface area contributed by atoms with E-state index >= 15 is 0 Å². The third-order valence-electron chi connectivity index (χ3n) is 2.61. The molecular weight excluding hydrogens is 303 g/mol. The molecule has 7 nitrogen and oxygen atoms in total. The van der Waals surface area contributed by atoms with Crippen molar-refractivity contribution < 1.29 is 27.5 Å². The van der Waals surface area contributed by atoms with Gasteiger partial charge < -0.3 is 10.0 Å². The van der Waals surface area contributed by atoms with Crippen molar-refractivity contribution in [2.45, 2.75) is 11.3 Å². The van der Waals surface area contributed by atoms with Gasteiger partial charge in [-0.1, -0.05) is 0 Å². The fourth-order valence-corrected chi connectivity index (χ4v) is 2.49. The summed E-state index contributed by atoms with van der Waals surface area (Å²) in [4.78, 5) is 23.0. The number of aromatic carboxylic acids is 1. The van der Waals surface area contributed by atoms with E-state index in [1.165, 1.54) is 19.0 Å². The Kier molecular flexibility index (Phi) is 5.39. The van der Waals surface area contributed by atoms with Gasteiger partial charge in [-0.3, -0.25) is 4.79 Å². The molecule has 0 fully saturated rings. The van der Waals surface area contributed by atoms with E-state index < -0.39 is 27.4 Å². The molecule has 1 aromatic carbocycles. The van der Waals surface area contributed by atoms with Gasteiger partial charge in [0.25, 0.3) is 0 Å². The number of hydrogen-bond acceptors (Lipinski definition) is 4. The first-order valence-corrected chi connectivity index (χ1v) is 7.36. The summed E-state index contributed by atoms with van der Waals surface area (Å²) in [7, 11) is -0.930. The molecule has 0 spiro atoms. The van der Waals surface area contributed by atoms with Gasteiger partial charge in [0.15, 0.2) is 0 Å². The van der Waals surface area contributed by atoms with Crippen LogP contribution in [0.15, 0.2) is 23.1 Å². The third-order valence-corrected chi connectivity index (χ3v) is 4.07. The summed E-state index contributed by atoms with van der Waals surface area (Å²) in [6, 6.07) is 2.45. The van der Waals surface area contributed by atoms with Crippen LogP contribution in [0.2, 0.25) is 0 Å². The lowest BCUT2D eigenvalue weighted by Gasteiger charge is -2.11. The molecule has 0 aliphatic heterocycles. The highest BCUT2D eigenvalue weighted by molar-refractivity contribution is 7.89. The fourth-order valence-electron chi connectivity index (χ4n) is 1.43. The zero-order valence-electron chi connectivity index (χ0n) is 11.5. The van der Waals surface area contributed by atoms with Crippen LogP contribution < -0.4 is 4.72 Å². The number of rotatable bonds is 6. The first kappa shape index (κ1) is 17.1. The van der Waals surface area contributed by atoms with Crippen molar-refractivity contribution in [1.82, 2.24) is 9.62 Å². The summed E-state index contributed by atoms with van der Waals surface area (Å²) in [6.45, 7) is -0.140. The molecule has 0 aliphatic carbocycles. The van der Waals surface area contributed by atoms with Gasteiger partial charge in [-0.15, -0.1) is 0 Å². The Hall–Kier alpha value is -2.00. The third kappa shape index (κ3) is 4.50. The lowest BCUT2D eigenvalue weighted by Crippen LogP contribution is -2.30. The number of nitrogens with zero attached hydrogens (tertiary/aromatic N) is 1. The highest BCUT2D eigenvalue weighted by Crippen LogP contribution is 2.15. The Labute approximate surface area is 121 Å².